The smallest absolute Gasteiger partial charge is 0.339 e. The third kappa shape index (κ3) is 4.80. The molecule has 0 bridgehead atoms. The van der Waals surface area contributed by atoms with Crippen molar-refractivity contribution in [1.82, 2.24) is 0 Å². The molecule has 9 heteroatoms. The number of rotatable bonds is 7. The van der Waals surface area contributed by atoms with E-state index in [-0.39, 0.29) is 36.5 Å². The largest absolute Gasteiger partial charge is 0.508 e. The zero-order valence-electron chi connectivity index (χ0n) is 10.1. The molecule has 0 saturated heterocycles. The van der Waals surface area contributed by atoms with E-state index in [2.05, 4.69) is 4.84 Å². The van der Waals surface area contributed by atoms with E-state index in [0.717, 1.165) is 12.1 Å². The number of hydrogen-bond acceptors (Lipinski definition) is 7. The number of esters is 1. The molecule has 2 N–H and O–H groups in total. The number of nitrogens with zero attached hydrogens (tertiary/aromatic N) is 1. The lowest BCUT2D eigenvalue weighted by atomic mass is 10.2. The Hall–Kier alpha value is -2.84. The van der Waals surface area contributed by atoms with E-state index in [1.54, 1.807) is 0 Å². The number of phenols is 1. The predicted octanol–water partition coefficient (Wildman–Crippen LogP) is 0.984. The molecule has 0 aromatic heterocycles. The van der Waals surface area contributed by atoms with Gasteiger partial charge in [0.05, 0.1) is 6.61 Å². The Kier molecular flexibility index (Phi) is 5.27. The van der Waals surface area contributed by atoms with Gasteiger partial charge in [0.2, 0.25) is 0 Å². The fourth-order valence-corrected chi connectivity index (χ4v) is 1.30. The number of phenolic OH excluding ortho intramolecular Hbond substituents is 1. The van der Waals surface area contributed by atoms with Crippen molar-refractivity contribution in [2.45, 2.75) is 12.8 Å². The molecule has 0 spiro atoms. The van der Waals surface area contributed by atoms with Gasteiger partial charge in [-0.2, -0.15) is 0 Å². The minimum absolute atomic E-state index is 0.0559. The zero-order chi connectivity index (χ0) is 15.1. The molecule has 0 fully saturated rings. The molecule has 0 amide bonds. The van der Waals surface area contributed by atoms with Gasteiger partial charge in [0, 0.05) is 6.42 Å². The first-order chi connectivity index (χ1) is 9.40. The van der Waals surface area contributed by atoms with Crippen molar-refractivity contribution in [3.05, 3.63) is 33.9 Å². The summed E-state index contributed by atoms with van der Waals surface area (Å²) in [5, 5.41) is 26.9. The van der Waals surface area contributed by atoms with Crippen LogP contribution in [0.5, 0.6) is 11.5 Å². The summed E-state index contributed by atoms with van der Waals surface area (Å²) in [6, 6.07) is 3.26. The molecule has 9 nitrogen and oxygen atoms in total. The second-order valence-corrected chi connectivity index (χ2v) is 3.62. The highest BCUT2D eigenvalue weighted by Crippen LogP contribution is 2.24. The quantitative estimate of drug-likeness (QED) is 0.249. The maximum atomic E-state index is 11.4. The van der Waals surface area contributed by atoms with E-state index in [9.17, 15) is 19.7 Å². The van der Waals surface area contributed by atoms with Crippen LogP contribution in [0.2, 0.25) is 0 Å². The summed E-state index contributed by atoms with van der Waals surface area (Å²) in [5.41, 5.74) is -0.361. The average Bonchev–Trinajstić information content (AvgIpc) is 2.36. The van der Waals surface area contributed by atoms with Gasteiger partial charge < -0.3 is 19.8 Å². The molecule has 0 atom stereocenters. The Bertz CT molecular complexity index is 527. The van der Waals surface area contributed by atoms with E-state index >= 15 is 0 Å². The maximum Gasteiger partial charge on any atom is 0.339 e. The maximum absolute atomic E-state index is 11.4. The van der Waals surface area contributed by atoms with Gasteiger partial charge in [0.15, 0.2) is 0 Å². The van der Waals surface area contributed by atoms with E-state index in [0.29, 0.717) is 0 Å². The molecule has 0 aliphatic rings. The van der Waals surface area contributed by atoms with Crippen molar-refractivity contribution in [1.29, 1.82) is 0 Å². The van der Waals surface area contributed by atoms with Crippen LogP contribution in [0, 0.1) is 10.1 Å². The molecule has 1 aromatic carbocycles. The van der Waals surface area contributed by atoms with Gasteiger partial charge in [-0.05, 0) is 24.6 Å². The fraction of sp³-hybridized carbons (Fsp3) is 0.273. The van der Waals surface area contributed by atoms with Gasteiger partial charge in [-0.25, -0.2) is 4.79 Å². The van der Waals surface area contributed by atoms with E-state index < -0.39 is 17.0 Å². The van der Waals surface area contributed by atoms with Gasteiger partial charge in [-0.1, -0.05) is 0 Å². The summed E-state index contributed by atoms with van der Waals surface area (Å²) in [4.78, 5) is 36.2. The summed E-state index contributed by atoms with van der Waals surface area (Å²) in [6.07, 6.45) is -0.117. The minimum atomic E-state index is -1.36. The number of carbonyl (C=O) groups is 2. The summed E-state index contributed by atoms with van der Waals surface area (Å²) >= 11 is 0. The summed E-state index contributed by atoms with van der Waals surface area (Å²) in [7, 11) is 0. The van der Waals surface area contributed by atoms with E-state index in [1.807, 2.05) is 0 Å². The third-order valence-corrected chi connectivity index (χ3v) is 2.14. The van der Waals surface area contributed by atoms with Crippen LogP contribution >= 0.6 is 0 Å². The normalized spacial score (nSPS) is 9.80. The molecule has 20 heavy (non-hydrogen) atoms. The Morgan fingerprint density at radius 1 is 1.35 bits per heavy atom. The summed E-state index contributed by atoms with van der Waals surface area (Å²) in [6.45, 7) is -0.260. The number of ether oxygens (including phenoxy) is 1. The number of aromatic carboxylic acids is 1. The van der Waals surface area contributed by atoms with Crippen LogP contribution in [-0.2, 0) is 9.63 Å². The second kappa shape index (κ2) is 6.92. The molecule has 1 rings (SSSR count). The first-order valence-corrected chi connectivity index (χ1v) is 5.44. The molecule has 0 saturated carbocycles. The van der Waals surface area contributed by atoms with Crippen LogP contribution in [0.25, 0.3) is 0 Å². The van der Waals surface area contributed by atoms with Crippen molar-refractivity contribution < 1.29 is 34.5 Å². The zero-order valence-corrected chi connectivity index (χ0v) is 10.1. The lowest BCUT2D eigenvalue weighted by molar-refractivity contribution is -0.757. The lowest BCUT2D eigenvalue weighted by Crippen LogP contribution is -2.12. The number of benzene rings is 1. The molecular formula is C11H11NO8. The molecule has 0 radical (unpaired) electrons. The van der Waals surface area contributed by atoms with E-state index in [1.165, 1.54) is 6.07 Å². The lowest BCUT2D eigenvalue weighted by Gasteiger charge is -2.07. The SMILES string of the molecule is O=C(CCCO[N+](=O)[O-])Oc1ccc(O)cc1C(=O)O. The van der Waals surface area contributed by atoms with Crippen LogP contribution in [-0.4, -0.2) is 33.8 Å². The van der Waals surface area contributed by atoms with Gasteiger partial charge in [0.25, 0.3) is 5.09 Å². The van der Waals surface area contributed by atoms with Crippen molar-refractivity contribution >= 4 is 11.9 Å². The number of aromatic hydroxyl groups is 1. The van der Waals surface area contributed by atoms with Gasteiger partial charge in [-0.15, -0.1) is 10.1 Å². The van der Waals surface area contributed by atoms with Crippen LogP contribution in [0.15, 0.2) is 18.2 Å². The molecule has 0 unspecified atom stereocenters. The van der Waals surface area contributed by atoms with Crippen LogP contribution in [0.1, 0.15) is 23.2 Å². The molecular weight excluding hydrogens is 274 g/mol. The van der Waals surface area contributed by atoms with Gasteiger partial charge in [0.1, 0.15) is 17.1 Å². The molecule has 0 aliphatic carbocycles. The Morgan fingerprint density at radius 2 is 2.05 bits per heavy atom. The van der Waals surface area contributed by atoms with Crippen molar-refractivity contribution in [2.75, 3.05) is 6.61 Å². The predicted molar refractivity (Wildman–Crippen MR) is 62.9 cm³/mol. The summed E-state index contributed by atoms with van der Waals surface area (Å²) < 4.78 is 4.81. The molecule has 0 heterocycles. The summed E-state index contributed by atoms with van der Waals surface area (Å²) in [5.74, 6) is -2.61. The Labute approximate surface area is 112 Å². The first-order valence-electron chi connectivity index (χ1n) is 5.44. The van der Waals surface area contributed by atoms with Crippen LogP contribution < -0.4 is 4.74 Å². The van der Waals surface area contributed by atoms with Gasteiger partial charge >= 0.3 is 11.9 Å². The van der Waals surface area contributed by atoms with Crippen molar-refractivity contribution in [2.24, 2.45) is 0 Å². The topological polar surface area (TPSA) is 136 Å². The highest BCUT2D eigenvalue weighted by Gasteiger charge is 2.15. The number of carbonyl (C=O) groups excluding carboxylic acids is 1. The van der Waals surface area contributed by atoms with E-state index in [4.69, 9.17) is 14.9 Å². The molecule has 0 aliphatic heterocycles. The Balaban J connectivity index is 2.57. The highest BCUT2D eigenvalue weighted by atomic mass is 16.9. The van der Waals surface area contributed by atoms with Crippen LogP contribution in [0.4, 0.5) is 0 Å². The third-order valence-electron chi connectivity index (χ3n) is 2.14. The van der Waals surface area contributed by atoms with Gasteiger partial charge in [-0.3, -0.25) is 4.79 Å². The van der Waals surface area contributed by atoms with Crippen molar-refractivity contribution in [3.8, 4) is 11.5 Å². The molecule has 108 valence electrons. The monoisotopic (exact) mass is 285 g/mol. The number of carboxylic acids is 1. The second-order valence-electron chi connectivity index (χ2n) is 3.62. The molecule has 1 aromatic rings. The highest BCUT2D eigenvalue weighted by molar-refractivity contribution is 5.92. The number of hydrogen-bond donors (Lipinski definition) is 2. The standard InChI is InChI=1S/C11H11NO8/c13-7-3-4-9(8(6-7)11(15)16)20-10(14)2-1-5-19-12(17)18/h3-4,6,13H,1-2,5H2,(H,15,16). The first kappa shape index (κ1) is 15.2. The average molecular weight is 285 g/mol. The van der Waals surface area contributed by atoms with Crippen LogP contribution in [0.3, 0.4) is 0 Å². The Morgan fingerprint density at radius 3 is 2.65 bits per heavy atom. The minimum Gasteiger partial charge on any atom is -0.508 e. The van der Waals surface area contributed by atoms with Crippen molar-refractivity contribution in [3.63, 3.8) is 0 Å². The number of carboxylic acid groups (broad SMARTS) is 1. The fourth-order valence-electron chi connectivity index (χ4n) is 1.30.